The standard InChI is InChI=1S/C14H17N3O2S2/c1-10-13(20-14(15)16-10)21(18,19)17-8-7-12(9-17)11-5-3-2-4-6-11/h2-6,12H,7-9H2,1H3,(H2,15,16). The van der Waals surface area contributed by atoms with Gasteiger partial charge in [-0.15, -0.1) is 0 Å². The quantitative estimate of drug-likeness (QED) is 0.939. The normalized spacial score (nSPS) is 20.0. The van der Waals surface area contributed by atoms with Gasteiger partial charge in [0.25, 0.3) is 10.0 Å². The van der Waals surface area contributed by atoms with Crippen molar-refractivity contribution in [2.45, 2.75) is 23.5 Å². The van der Waals surface area contributed by atoms with E-state index in [4.69, 9.17) is 5.73 Å². The first-order valence-corrected chi connectivity index (χ1v) is 9.02. The number of sulfonamides is 1. The first kappa shape index (κ1) is 14.5. The highest BCUT2D eigenvalue weighted by Gasteiger charge is 2.35. The number of nitrogens with zero attached hydrogens (tertiary/aromatic N) is 2. The first-order chi connectivity index (χ1) is 9.98. The smallest absolute Gasteiger partial charge is 0.254 e. The van der Waals surface area contributed by atoms with Crippen LogP contribution in [0.2, 0.25) is 0 Å². The lowest BCUT2D eigenvalue weighted by Gasteiger charge is -2.16. The summed E-state index contributed by atoms with van der Waals surface area (Å²) in [6.07, 6.45) is 0.844. The topological polar surface area (TPSA) is 76.3 Å². The molecule has 0 amide bonds. The fourth-order valence-electron chi connectivity index (χ4n) is 2.70. The summed E-state index contributed by atoms with van der Waals surface area (Å²) < 4.78 is 27.2. The number of nitrogens with two attached hydrogens (primary N) is 1. The van der Waals surface area contributed by atoms with Crippen LogP contribution in [0.3, 0.4) is 0 Å². The zero-order chi connectivity index (χ0) is 15.0. The number of thiazole rings is 1. The Hall–Kier alpha value is -1.44. The van der Waals surface area contributed by atoms with Gasteiger partial charge in [-0.05, 0) is 24.8 Å². The van der Waals surface area contributed by atoms with E-state index < -0.39 is 10.0 Å². The van der Waals surface area contributed by atoms with Crippen molar-refractivity contribution in [1.82, 2.24) is 9.29 Å². The van der Waals surface area contributed by atoms with E-state index in [1.54, 1.807) is 11.2 Å². The van der Waals surface area contributed by atoms with Crippen molar-refractivity contribution in [3.05, 3.63) is 41.6 Å². The third-order valence-electron chi connectivity index (χ3n) is 3.77. The number of nitrogen functional groups attached to an aromatic ring is 1. The molecule has 1 unspecified atom stereocenters. The second kappa shape index (κ2) is 5.40. The molecule has 1 atom stereocenters. The molecular weight excluding hydrogens is 306 g/mol. The molecule has 1 aromatic carbocycles. The highest BCUT2D eigenvalue weighted by molar-refractivity contribution is 7.91. The molecule has 1 saturated heterocycles. The van der Waals surface area contributed by atoms with Gasteiger partial charge in [0.2, 0.25) is 0 Å². The molecule has 5 nitrogen and oxygen atoms in total. The number of hydrogen-bond donors (Lipinski definition) is 1. The van der Waals surface area contributed by atoms with Crippen molar-refractivity contribution in [3.63, 3.8) is 0 Å². The summed E-state index contributed by atoms with van der Waals surface area (Å²) in [5, 5.41) is 0.296. The van der Waals surface area contributed by atoms with E-state index in [1.165, 1.54) is 5.56 Å². The van der Waals surface area contributed by atoms with Crippen LogP contribution in [0, 0.1) is 6.92 Å². The average molecular weight is 323 g/mol. The minimum atomic E-state index is -3.48. The van der Waals surface area contributed by atoms with Crippen LogP contribution in [-0.4, -0.2) is 30.8 Å². The Balaban J connectivity index is 1.84. The number of aromatic nitrogens is 1. The molecule has 0 aliphatic carbocycles. The Kier molecular flexibility index (Phi) is 3.73. The zero-order valence-corrected chi connectivity index (χ0v) is 13.3. The summed E-state index contributed by atoms with van der Waals surface area (Å²) in [6.45, 7) is 2.74. The van der Waals surface area contributed by atoms with E-state index in [9.17, 15) is 8.42 Å². The highest BCUT2D eigenvalue weighted by Crippen LogP contribution is 2.34. The van der Waals surface area contributed by atoms with Gasteiger partial charge in [0.05, 0.1) is 5.69 Å². The monoisotopic (exact) mass is 323 g/mol. The Morgan fingerprint density at radius 1 is 1.33 bits per heavy atom. The maximum Gasteiger partial charge on any atom is 0.254 e. The number of benzene rings is 1. The van der Waals surface area contributed by atoms with Crippen LogP contribution >= 0.6 is 11.3 Å². The van der Waals surface area contributed by atoms with Crippen LogP contribution in [0.15, 0.2) is 34.5 Å². The minimum Gasteiger partial charge on any atom is -0.375 e. The summed E-state index contributed by atoms with van der Waals surface area (Å²) in [5.41, 5.74) is 7.29. The fraction of sp³-hybridized carbons (Fsp3) is 0.357. The van der Waals surface area contributed by atoms with Gasteiger partial charge in [0.15, 0.2) is 9.34 Å². The van der Waals surface area contributed by atoms with Gasteiger partial charge < -0.3 is 5.73 Å². The van der Waals surface area contributed by atoms with E-state index in [0.29, 0.717) is 23.9 Å². The third kappa shape index (κ3) is 2.68. The van der Waals surface area contributed by atoms with Gasteiger partial charge >= 0.3 is 0 Å². The maximum absolute atomic E-state index is 12.7. The molecule has 1 fully saturated rings. The van der Waals surface area contributed by atoms with E-state index >= 15 is 0 Å². The lowest BCUT2D eigenvalue weighted by atomic mass is 9.99. The molecule has 2 N–H and O–H groups in total. The molecule has 0 spiro atoms. The Labute approximate surface area is 128 Å². The van der Waals surface area contributed by atoms with Crippen molar-refractivity contribution < 1.29 is 8.42 Å². The summed E-state index contributed by atoms with van der Waals surface area (Å²) in [5.74, 6) is 0.256. The van der Waals surface area contributed by atoms with Gasteiger partial charge in [-0.3, -0.25) is 0 Å². The molecule has 1 aliphatic heterocycles. The molecule has 112 valence electrons. The zero-order valence-electron chi connectivity index (χ0n) is 11.7. The average Bonchev–Trinajstić information content (AvgIpc) is 3.07. The summed E-state index contributed by atoms with van der Waals surface area (Å²) in [4.78, 5) is 4.02. The molecule has 0 saturated carbocycles. The predicted octanol–water partition coefficient (Wildman–Crippen LogP) is 2.21. The van der Waals surface area contributed by atoms with Crippen LogP contribution in [0.4, 0.5) is 5.13 Å². The lowest BCUT2D eigenvalue weighted by molar-refractivity contribution is 0.474. The summed E-state index contributed by atoms with van der Waals surface area (Å²) in [6, 6.07) is 10.0. The van der Waals surface area contributed by atoms with Crippen LogP contribution in [0.25, 0.3) is 0 Å². The van der Waals surface area contributed by atoms with Crippen molar-refractivity contribution in [2.24, 2.45) is 0 Å². The molecule has 0 bridgehead atoms. The van der Waals surface area contributed by atoms with Gasteiger partial charge in [0, 0.05) is 13.1 Å². The molecule has 2 heterocycles. The largest absolute Gasteiger partial charge is 0.375 e. The van der Waals surface area contributed by atoms with Gasteiger partial charge in [-0.1, -0.05) is 41.7 Å². The molecule has 2 aromatic rings. The van der Waals surface area contributed by atoms with Crippen LogP contribution in [-0.2, 0) is 10.0 Å². The Morgan fingerprint density at radius 3 is 2.67 bits per heavy atom. The van der Waals surface area contributed by atoms with Crippen molar-refractivity contribution in [2.75, 3.05) is 18.8 Å². The number of rotatable bonds is 3. The highest BCUT2D eigenvalue weighted by atomic mass is 32.2. The SMILES string of the molecule is Cc1nc(N)sc1S(=O)(=O)N1CCC(c2ccccc2)C1. The molecule has 7 heteroatoms. The molecule has 3 rings (SSSR count). The second-order valence-corrected chi connectivity index (χ2v) is 8.35. The van der Waals surface area contributed by atoms with E-state index in [2.05, 4.69) is 17.1 Å². The molecule has 0 radical (unpaired) electrons. The molecule has 1 aliphatic rings. The van der Waals surface area contributed by atoms with Gasteiger partial charge in [0.1, 0.15) is 0 Å². The Bertz CT molecular complexity index is 741. The van der Waals surface area contributed by atoms with E-state index in [-0.39, 0.29) is 10.1 Å². The maximum atomic E-state index is 12.7. The second-order valence-electron chi connectivity index (χ2n) is 5.18. The predicted molar refractivity (Wildman–Crippen MR) is 83.8 cm³/mol. The molecule has 1 aromatic heterocycles. The van der Waals surface area contributed by atoms with E-state index in [1.807, 2.05) is 18.2 Å². The van der Waals surface area contributed by atoms with Crippen molar-refractivity contribution >= 4 is 26.5 Å². The number of aryl methyl sites for hydroxylation is 1. The van der Waals surface area contributed by atoms with Crippen LogP contribution in [0.5, 0.6) is 0 Å². The lowest BCUT2D eigenvalue weighted by Crippen LogP contribution is -2.28. The van der Waals surface area contributed by atoms with Crippen LogP contribution < -0.4 is 5.73 Å². The third-order valence-corrected chi connectivity index (χ3v) is 7.21. The Morgan fingerprint density at radius 2 is 2.05 bits per heavy atom. The number of anilines is 1. The minimum absolute atomic E-state index is 0.256. The van der Waals surface area contributed by atoms with Crippen LogP contribution in [0.1, 0.15) is 23.6 Å². The fourth-order valence-corrected chi connectivity index (χ4v) is 5.64. The molecule has 21 heavy (non-hydrogen) atoms. The van der Waals surface area contributed by atoms with Crippen molar-refractivity contribution in [1.29, 1.82) is 0 Å². The summed E-state index contributed by atoms with van der Waals surface area (Å²) >= 11 is 1.04. The number of hydrogen-bond acceptors (Lipinski definition) is 5. The summed E-state index contributed by atoms with van der Waals surface area (Å²) in [7, 11) is -3.48. The van der Waals surface area contributed by atoms with Crippen molar-refractivity contribution in [3.8, 4) is 0 Å². The van der Waals surface area contributed by atoms with E-state index in [0.717, 1.165) is 17.8 Å². The van der Waals surface area contributed by atoms with Gasteiger partial charge in [-0.25, -0.2) is 13.4 Å². The van der Waals surface area contributed by atoms with Gasteiger partial charge in [-0.2, -0.15) is 4.31 Å². The molecular formula is C14H17N3O2S2. The first-order valence-electron chi connectivity index (χ1n) is 6.76.